The Morgan fingerprint density at radius 2 is 1.55 bits per heavy atom. The zero-order valence-electron chi connectivity index (χ0n) is 18.7. The lowest BCUT2D eigenvalue weighted by Crippen LogP contribution is -2.45. The first kappa shape index (κ1) is 22.7. The molecule has 166 valence electrons. The largest absolute Gasteiger partial charge is 0.497 e. The normalized spacial score (nSPS) is 13.6. The number of benzene rings is 2. The molecule has 2 aromatic carbocycles. The van der Waals surface area contributed by atoms with E-state index in [9.17, 15) is 9.59 Å². The number of likely N-dealkylation sites (tertiary alicyclic amines) is 1. The van der Waals surface area contributed by atoms with Crippen molar-refractivity contribution in [2.75, 3.05) is 38.8 Å². The molecule has 0 radical (unpaired) electrons. The number of anilines is 1. The van der Waals surface area contributed by atoms with E-state index in [1.165, 1.54) is 0 Å². The Hall–Kier alpha value is -3.02. The molecule has 0 unspecified atom stereocenters. The van der Waals surface area contributed by atoms with E-state index in [0.29, 0.717) is 17.9 Å². The van der Waals surface area contributed by atoms with Crippen LogP contribution in [0.4, 0.5) is 5.69 Å². The minimum absolute atomic E-state index is 0.0108. The molecule has 6 heteroatoms. The van der Waals surface area contributed by atoms with Gasteiger partial charge in [0.1, 0.15) is 18.0 Å². The number of carbonyl (C=O) groups excluding carboxylic acids is 2. The van der Waals surface area contributed by atoms with Crippen LogP contribution in [0.2, 0.25) is 0 Å². The fourth-order valence-electron chi connectivity index (χ4n) is 3.82. The van der Waals surface area contributed by atoms with Crippen LogP contribution >= 0.6 is 0 Å². The Bertz CT molecular complexity index is 867. The Balaban J connectivity index is 1.74. The van der Waals surface area contributed by atoms with Gasteiger partial charge in [-0.15, -0.1) is 0 Å². The van der Waals surface area contributed by atoms with Crippen molar-refractivity contribution in [3.8, 4) is 11.5 Å². The molecule has 0 spiro atoms. The fourth-order valence-corrected chi connectivity index (χ4v) is 3.82. The third-order valence-corrected chi connectivity index (χ3v) is 5.69. The maximum atomic E-state index is 13.2. The number of hydrogen-bond donors (Lipinski definition) is 0. The molecule has 31 heavy (non-hydrogen) atoms. The Labute approximate surface area is 184 Å². The van der Waals surface area contributed by atoms with Crippen molar-refractivity contribution < 1.29 is 19.1 Å². The zero-order chi connectivity index (χ0) is 22.2. The molecule has 0 bridgehead atoms. The highest BCUT2D eigenvalue weighted by atomic mass is 16.5. The molecule has 1 heterocycles. The van der Waals surface area contributed by atoms with Crippen molar-refractivity contribution in [2.24, 2.45) is 0 Å². The van der Waals surface area contributed by atoms with Crippen LogP contribution in [0.15, 0.2) is 42.5 Å². The quantitative estimate of drug-likeness (QED) is 0.643. The number of carbonyl (C=O) groups is 2. The predicted molar refractivity (Wildman–Crippen MR) is 122 cm³/mol. The molecule has 2 amide bonds. The number of aryl methyl sites for hydroxylation is 2. The SMILES string of the molecule is COc1cc(CCC(=O)N(CC(=O)N2CCCCC2)c2ccc(C)cc2)cc(OC)c1. The van der Waals surface area contributed by atoms with Crippen molar-refractivity contribution in [3.05, 3.63) is 53.6 Å². The molecule has 0 atom stereocenters. The number of piperidine rings is 1. The van der Waals surface area contributed by atoms with Gasteiger partial charge in [-0.25, -0.2) is 0 Å². The van der Waals surface area contributed by atoms with Crippen molar-refractivity contribution in [3.63, 3.8) is 0 Å². The molecule has 2 aromatic rings. The van der Waals surface area contributed by atoms with E-state index in [1.54, 1.807) is 25.2 Å². The molecular weight excluding hydrogens is 392 g/mol. The zero-order valence-corrected chi connectivity index (χ0v) is 18.7. The van der Waals surface area contributed by atoms with Gasteiger partial charge < -0.3 is 19.3 Å². The van der Waals surface area contributed by atoms with Crippen molar-refractivity contribution in [1.82, 2.24) is 4.90 Å². The summed E-state index contributed by atoms with van der Waals surface area (Å²) in [7, 11) is 3.21. The van der Waals surface area contributed by atoms with Crippen LogP contribution in [0.3, 0.4) is 0 Å². The molecule has 6 nitrogen and oxygen atoms in total. The molecule has 1 fully saturated rings. The Morgan fingerprint density at radius 3 is 2.13 bits per heavy atom. The van der Waals surface area contributed by atoms with Gasteiger partial charge in [-0.3, -0.25) is 9.59 Å². The van der Waals surface area contributed by atoms with Crippen LogP contribution in [0.5, 0.6) is 11.5 Å². The second-order valence-corrected chi connectivity index (χ2v) is 7.98. The van der Waals surface area contributed by atoms with E-state index in [2.05, 4.69) is 0 Å². The summed E-state index contributed by atoms with van der Waals surface area (Å²) < 4.78 is 10.7. The van der Waals surface area contributed by atoms with Gasteiger partial charge in [0.15, 0.2) is 0 Å². The van der Waals surface area contributed by atoms with Crippen molar-refractivity contribution in [2.45, 2.75) is 39.0 Å². The van der Waals surface area contributed by atoms with E-state index in [0.717, 1.165) is 49.2 Å². The van der Waals surface area contributed by atoms with E-state index in [-0.39, 0.29) is 24.8 Å². The van der Waals surface area contributed by atoms with Gasteiger partial charge in [0.25, 0.3) is 0 Å². The van der Waals surface area contributed by atoms with E-state index in [1.807, 2.05) is 48.2 Å². The summed E-state index contributed by atoms with van der Waals surface area (Å²) in [6, 6.07) is 13.4. The number of methoxy groups -OCH3 is 2. The van der Waals surface area contributed by atoms with Crippen LogP contribution in [0.1, 0.15) is 36.8 Å². The average molecular weight is 425 g/mol. The maximum absolute atomic E-state index is 13.2. The lowest BCUT2D eigenvalue weighted by molar-refractivity contribution is -0.132. The average Bonchev–Trinajstić information content (AvgIpc) is 2.81. The molecule has 0 aliphatic carbocycles. The van der Waals surface area contributed by atoms with E-state index >= 15 is 0 Å². The number of nitrogens with zero attached hydrogens (tertiary/aromatic N) is 2. The van der Waals surface area contributed by atoms with Crippen LogP contribution < -0.4 is 14.4 Å². The molecule has 1 saturated heterocycles. The van der Waals surface area contributed by atoms with Gasteiger partial charge >= 0.3 is 0 Å². The third-order valence-electron chi connectivity index (χ3n) is 5.69. The first-order valence-electron chi connectivity index (χ1n) is 10.9. The van der Waals surface area contributed by atoms with Crippen LogP contribution in [0.25, 0.3) is 0 Å². The van der Waals surface area contributed by atoms with Gasteiger partial charge in [0.2, 0.25) is 11.8 Å². The summed E-state index contributed by atoms with van der Waals surface area (Å²) in [6.07, 6.45) is 4.04. The predicted octanol–water partition coefficient (Wildman–Crippen LogP) is 3.99. The van der Waals surface area contributed by atoms with Gasteiger partial charge in [-0.05, 0) is 62.4 Å². The van der Waals surface area contributed by atoms with Crippen molar-refractivity contribution >= 4 is 17.5 Å². The summed E-state index contributed by atoms with van der Waals surface area (Å²) in [5, 5.41) is 0. The van der Waals surface area contributed by atoms with Crippen LogP contribution in [-0.4, -0.2) is 50.6 Å². The standard InChI is InChI=1S/C25H32N2O4/c1-19-7-10-21(11-8-19)27(18-25(29)26-13-5-4-6-14-26)24(28)12-9-20-15-22(30-2)17-23(16-20)31-3/h7-8,10-11,15-17H,4-6,9,12-14,18H2,1-3H3. The monoisotopic (exact) mass is 424 g/mol. The van der Waals surface area contributed by atoms with Crippen LogP contribution in [-0.2, 0) is 16.0 Å². The Morgan fingerprint density at radius 1 is 0.935 bits per heavy atom. The van der Waals surface area contributed by atoms with Crippen LogP contribution in [0, 0.1) is 6.92 Å². The lowest BCUT2D eigenvalue weighted by atomic mass is 10.1. The van der Waals surface area contributed by atoms with Gasteiger partial charge in [-0.1, -0.05) is 17.7 Å². The molecule has 1 aliphatic heterocycles. The molecular formula is C25H32N2O4. The highest BCUT2D eigenvalue weighted by Gasteiger charge is 2.23. The minimum atomic E-state index is -0.0731. The number of ether oxygens (including phenoxy) is 2. The smallest absolute Gasteiger partial charge is 0.242 e. The summed E-state index contributed by atoms with van der Waals surface area (Å²) in [5.74, 6) is 1.32. The minimum Gasteiger partial charge on any atom is -0.497 e. The number of rotatable bonds is 8. The first-order chi connectivity index (χ1) is 15.0. The maximum Gasteiger partial charge on any atom is 0.242 e. The highest BCUT2D eigenvalue weighted by Crippen LogP contribution is 2.24. The summed E-state index contributed by atoms with van der Waals surface area (Å²) >= 11 is 0. The van der Waals surface area contributed by atoms with E-state index in [4.69, 9.17) is 9.47 Å². The second kappa shape index (κ2) is 10.8. The topological polar surface area (TPSA) is 59.1 Å². The van der Waals surface area contributed by atoms with Crippen molar-refractivity contribution in [1.29, 1.82) is 0 Å². The molecule has 3 rings (SSSR count). The van der Waals surface area contributed by atoms with Gasteiger partial charge in [0.05, 0.1) is 14.2 Å². The lowest BCUT2D eigenvalue weighted by Gasteiger charge is -2.30. The number of hydrogen-bond acceptors (Lipinski definition) is 4. The summed E-state index contributed by atoms with van der Waals surface area (Å²) in [4.78, 5) is 29.6. The van der Waals surface area contributed by atoms with Gasteiger partial charge in [0, 0.05) is 31.3 Å². The molecule has 1 aliphatic rings. The van der Waals surface area contributed by atoms with Gasteiger partial charge in [-0.2, -0.15) is 0 Å². The second-order valence-electron chi connectivity index (χ2n) is 7.98. The highest BCUT2D eigenvalue weighted by molar-refractivity contribution is 5.98. The molecule has 0 aromatic heterocycles. The van der Waals surface area contributed by atoms with E-state index < -0.39 is 0 Å². The Kier molecular flexibility index (Phi) is 7.93. The molecule has 0 N–H and O–H groups in total. The summed E-state index contributed by atoms with van der Waals surface area (Å²) in [6.45, 7) is 3.63. The first-order valence-corrected chi connectivity index (χ1v) is 10.9. The fraction of sp³-hybridized carbons (Fsp3) is 0.440. The molecule has 0 saturated carbocycles. The summed E-state index contributed by atoms with van der Waals surface area (Å²) in [5.41, 5.74) is 2.82. The third kappa shape index (κ3) is 6.23. The number of amides is 2.